The van der Waals surface area contributed by atoms with Gasteiger partial charge in [-0.3, -0.25) is 10.2 Å². The van der Waals surface area contributed by atoms with Gasteiger partial charge in [0.15, 0.2) is 0 Å². The van der Waals surface area contributed by atoms with E-state index in [1.165, 1.54) is 0 Å². The number of nitrogens with zero attached hydrogens (tertiary/aromatic N) is 3. The molecule has 2 aromatic rings. The molecule has 2 unspecified atom stereocenters. The van der Waals surface area contributed by atoms with Crippen LogP contribution in [0, 0.1) is 5.92 Å². The Kier molecular flexibility index (Phi) is 4.55. The van der Waals surface area contributed by atoms with E-state index < -0.39 is 0 Å². The summed E-state index contributed by atoms with van der Waals surface area (Å²) in [5, 5.41) is 0. The van der Waals surface area contributed by atoms with Crippen LogP contribution in [-0.4, -0.2) is 40.0 Å². The molecule has 2 saturated heterocycles. The second-order valence-electron chi connectivity index (χ2n) is 7.02. The standard InChI is InChI=1S/C19H25N5O/c1-23-12-9-20-18(23)15-7-10-24(11-8-15)19(25)16-13-21-22-17(16)14-5-3-2-4-6-14/h2-6,9,12,15-17,21-22H,7-8,10-11,13H2,1H3. The molecule has 3 heterocycles. The molecule has 0 saturated carbocycles. The number of carbonyl (C=O) groups excluding carboxylic acids is 1. The molecule has 25 heavy (non-hydrogen) atoms. The van der Waals surface area contributed by atoms with Gasteiger partial charge in [0, 0.05) is 45.0 Å². The minimum Gasteiger partial charge on any atom is -0.342 e. The van der Waals surface area contributed by atoms with Crippen molar-refractivity contribution in [2.24, 2.45) is 13.0 Å². The Morgan fingerprint density at radius 3 is 2.64 bits per heavy atom. The fourth-order valence-corrected chi connectivity index (χ4v) is 4.07. The lowest BCUT2D eigenvalue weighted by molar-refractivity contribution is -0.136. The molecule has 6 heteroatoms. The quantitative estimate of drug-likeness (QED) is 0.891. The zero-order valence-corrected chi connectivity index (χ0v) is 14.6. The molecule has 6 nitrogen and oxygen atoms in total. The van der Waals surface area contributed by atoms with E-state index in [0.29, 0.717) is 12.5 Å². The number of imidazole rings is 1. The summed E-state index contributed by atoms with van der Waals surface area (Å²) >= 11 is 0. The highest BCUT2D eigenvalue weighted by atomic mass is 16.2. The van der Waals surface area contributed by atoms with Gasteiger partial charge in [-0.15, -0.1) is 0 Å². The zero-order valence-electron chi connectivity index (χ0n) is 14.6. The summed E-state index contributed by atoms with van der Waals surface area (Å²) in [6.45, 7) is 2.31. The lowest BCUT2D eigenvalue weighted by atomic mass is 9.91. The Morgan fingerprint density at radius 2 is 1.96 bits per heavy atom. The smallest absolute Gasteiger partial charge is 0.229 e. The maximum atomic E-state index is 13.1. The monoisotopic (exact) mass is 339 g/mol. The van der Waals surface area contributed by atoms with Gasteiger partial charge in [0.1, 0.15) is 5.82 Å². The number of hydrogen-bond acceptors (Lipinski definition) is 4. The predicted octanol–water partition coefficient (Wildman–Crippen LogP) is 1.59. The van der Waals surface area contributed by atoms with Gasteiger partial charge in [0.25, 0.3) is 0 Å². The molecular formula is C19H25N5O. The van der Waals surface area contributed by atoms with Gasteiger partial charge in [-0.25, -0.2) is 10.4 Å². The van der Waals surface area contributed by atoms with Crippen LogP contribution in [0.1, 0.15) is 36.2 Å². The van der Waals surface area contributed by atoms with Crippen molar-refractivity contribution >= 4 is 5.91 Å². The number of hydrogen-bond donors (Lipinski definition) is 2. The Labute approximate surface area is 148 Å². The number of carbonyl (C=O) groups is 1. The van der Waals surface area contributed by atoms with Crippen molar-refractivity contribution < 1.29 is 4.79 Å². The molecule has 1 amide bonds. The molecule has 2 aliphatic rings. The lowest BCUT2D eigenvalue weighted by Gasteiger charge is -2.34. The minimum absolute atomic E-state index is 0.0426. The molecule has 1 aromatic heterocycles. The number of benzene rings is 1. The highest BCUT2D eigenvalue weighted by Crippen LogP contribution is 2.30. The summed E-state index contributed by atoms with van der Waals surface area (Å²) in [5.41, 5.74) is 7.60. The summed E-state index contributed by atoms with van der Waals surface area (Å²) in [6.07, 6.45) is 5.82. The fraction of sp³-hybridized carbons (Fsp3) is 0.474. The van der Waals surface area contributed by atoms with Crippen LogP contribution < -0.4 is 10.9 Å². The number of amides is 1. The van der Waals surface area contributed by atoms with Crippen LogP contribution in [0.2, 0.25) is 0 Å². The van der Waals surface area contributed by atoms with Gasteiger partial charge in [-0.05, 0) is 18.4 Å². The summed E-state index contributed by atoms with van der Waals surface area (Å²) in [5.74, 6) is 1.80. The van der Waals surface area contributed by atoms with Gasteiger partial charge in [-0.1, -0.05) is 30.3 Å². The van der Waals surface area contributed by atoms with E-state index in [2.05, 4.69) is 32.5 Å². The van der Waals surface area contributed by atoms with Gasteiger partial charge < -0.3 is 9.47 Å². The molecule has 2 N–H and O–H groups in total. The average molecular weight is 339 g/mol. The molecule has 0 bridgehead atoms. The first-order valence-corrected chi connectivity index (χ1v) is 9.03. The number of aryl methyl sites for hydroxylation is 1. The number of likely N-dealkylation sites (tertiary alicyclic amines) is 1. The van der Waals surface area contributed by atoms with Crippen LogP contribution in [-0.2, 0) is 11.8 Å². The second kappa shape index (κ2) is 6.98. The summed E-state index contributed by atoms with van der Waals surface area (Å²) in [4.78, 5) is 19.6. The molecule has 2 fully saturated rings. The van der Waals surface area contributed by atoms with Crippen LogP contribution in [0.3, 0.4) is 0 Å². The average Bonchev–Trinajstić information content (AvgIpc) is 3.31. The zero-order chi connectivity index (χ0) is 17.2. The van der Waals surface area contributed by atoms with E-state index in [9.17, 15) is 4.79 Å². The van der Waals surface area contributed by atoms with Crippen molar-refractivity contribution in [2.75, 3.05) is 19.6 Å². The normalized spacial score (nSPS) is 24.6. The number of nitrogens with one attached hydrogen (secondary N) is 2. The second-order valence-corrected chi connectivity index (χ2v) is 7.02. The first kappa shape index (κ1) is 16.3. The number of hydrazine groups is 1. The molecule has 1 aromatic carbocycles. The van der Waals surface area contributed by atoms with E-state index in [1.54, 1.807) is 0 Å². The highest BCUT2D eigenvalue weighted by molar-refractivity contribution is 5.80. The van der Waals surface area contributed by atoms with Gasteiger partial charge in [0.05, 0.1) is 12.0 Å². The van der Waals surface area contributed by atoms with Crippen LogP contribution in [0.25, 0.3) is 0 Å². The highest BCUT2D eigenvalue weighted by Gasteiger charge is 2.37. The molecule has 2 atom stereocenters. The van der Waals surface area contributed by atoms with Gasteiger partial charge in [-0.2, -0.15) is 0 Å². The molecule has 0 radical (unpaired) electrons. The number of piperidine rings is 1. The SMILES string of the molecule is Cn1ccnc1C1CCN(C(=O)C2CNNC2c2ccccc2)CC1. The third-order valence-corrected chi connectivity index (χ3v) is 5.49. The number of aromatic nitrogens is 2. The van der Waals surface area contributed by atoms with Crippen molar-refractivity contribution in [2.45, 2.75) is 24.8 Å². The van der Waals surface area contributed by atoms with E-state index in [4.69, 9.17) is 0 Å². The summed E-state index contributed by atoms with van der Waals surface area (Å²) in [7, 11) is 2.04. The fourth-order valence-electron chi connectivity index (χ4n) is 4.07. The Morgan fingerprint density at radius 1 is 1.20 bits per heavy atom. The van der Waals surface area contributed by atoms with Crippen molar-refractivity contribution in [3.63, 3.8) is 0 Å². The Bertz CT molecular complexity index is 720. The molecule has 0 aliphatic carbocycles. The maximum absolute atomic E-state index is 13.1. The summed E-state index contributed by atoms with van der Waals surface area (Å²) in [6, 6.07) is 10.3. The molecule has 2 aliphatic heterocycles. The van der Waals surface area contributed by atoms with Gasteiger partial charge >= 0.3 is 0 Å². The van der Waals surface area contributed by atoms with Crippen LogP contribution in [0.15, 0.2) is 42.7 Å². The van der Waals surface area contributed by atoms with Gasteiger partial charge in [0.2, 0.25) is 5.91 Å². The Hall–Kier alpha value is -2.18. The Balaban J connectivity index is 1.41. The minimum atomic E-state index is -0.0490. The third-order valence-electron chi connectivity index (χ3n) is 5.49. The maximum Gasteiger partial charge on any atom is 0.229 e. The van der Waals surface area contributed by atoms with Crippen LogP contribution in [0.4, 0.5) is 0 Å². The lowest BCUT2D eigenvalue weighted by Crippen LogP contribution is -2.43. The van der Waals surface area contributed by atoms with Crippen LogP contribution >= 0.6 is 0 Å². The van der Waals surface area contributed by atoms with Crippen LogP contribution in [0.5, 0.6) is 0 Å². The summed E-state index contributed by atoms with van der Waals surface area (Å²) < 4.78 is 2.10. The van der Waals surface area contributed by atoms with Crippen molar-refractivity contribution in [3.05, 3.63) is 54.1 Å². The molecule has 4 rings (SSSR count). The van der Waals surface area contributed by atoms with E-state index >= 15 is 0 Å². The molecule has 132 valence electrons. The molecule has 0 spiro atoms. The largest absolute Gasteiger partial charge is 0.342 e. The van der Waals surface area contributed by atoms with E-state index in [1.807, 2.05) is 42.5 Å². The predicted molar refractivity (Wildman–Crippen MR) is 95.6 cm³/mol. The molecular weight excluding hydrogens is 314 g/mol. The topological polar surface area (TPSA) is 62.2 Å². The van der Waals surface area contributed by atoms with E-state index in [-0.39, 0.29) is 17.9 Å². The van der Waals surface area contributed by atoms with Crippen molar-refractivity contribution in [1.82, 2.24) is 25.3 Å². The first-order chi connectivity index (χ1) is 12.2. The van der Waals surface area contributed by atoms with E-state index in [0.717, 1.165) is 37.3 Å². The first-order valence-electron chi connectivity index (χ1n) is 9.03. The third kappa shape index (κ3) is 3.19. The van der Waals surface area contributed by atoms with Crippen molar-refractivity contribution in [3.8, 4) is 0 Å². The van der Waals surface area contributed by atoms with Crippen molar-refractivity contribution in [1.29, 1.82) is 0 Å². The number of rotatable bonds is 3.